The Bertz CT molecular complexity index is 616. The molecule has 0 aliphatic carbocycles. The highest BCUT2D eigenvalue weighted by atomic mass is 35.5. The Morgan fingerprint density at radius 2 is 1.93 bits per heavy atom. The number of anilines is 2. The zero-order chi connectivity index (χ0) is 18.2. The number of morpholine rings is 1. The summed E-state index contributed by atoms with van der Waals surface area (Å²) in [5, 5.41) is 5.17. The minimum atomic E-state index is -0.628. The van der Waals surface area contributed by atoms with Crippen molar-refractivity contribution in [1.82, 2.24) is 4.90 Å². The van der Waals surface area contributed by atoms with Gasteiger partial charge in [-0.1, -0.05) is 6.92 Å². The summed E-state index contributed by atoms with van der Waals surface area (Å²) in [6.45, 7) is 5.31. The van der Waals surface area contributed by atoms with Gasteiger partial charge in [0.25, 0.3) is 0 Å². The topological polar surface area (TPSA) is 96.7 Å². The van der Waals surface area contributed by atoms with Crippen molar-refractivity contribution in [1.29, 1.82) is 0 Å². The number of carbonyl (C=O) groups is 2. The van der Waals surface area contributed by atoms with Crippen molar-refractivity contribution in [2.75, 3.05) is 43.5 Å². The lowest BCUT2D eigenvalue weighted by Crippen LogP contribution is -2.38. The van der Waals surface area contributed by atoms with E-state index in [9.17, 15) is 14.0 Å². The Morgan fingerprint density at radius 1 is 1.26 bits per heavy atom. The molecule has 4 N–H and O–H groups in total. The number of carbonyl (C=O) groups excluding carboxylic acids is 2. The number of amides is 2. The number of nitrogens with one attached hydrogen (secondary N) is 2. The fourth-order valence-electron chi connectivity index (χ4n) is 2.42. The third-order valence-corrected chi connectivity index (χ3v) is 4.04. The van der Waals surface area contributed by atoms with Crippen molar-refractivity contribution < 1.29 is 18.7 Å². The highest BCUT2D eigenvalue weighted by Gasteiger charge is 2.15. The van der Waals surface area contributed by atoms with E-state index in [1.54, 1.807) is 6.92 Å². The Kier molecular flexibility index (Phi) is 12.2. The molecule has 1 atom stereocenters. The average molecular weight is 425 g/mol. The fourth-order valence-corrected chi connectivity index (χ4v) is 2.42. The zero-order valence-corrected chi connectivity index (χ0v) is 16.8. The Balaban J connectivity index is 0.00000338. The van der Waals surface area contributed by atoms with Crippen molar-refractivity contribution in [2.24, 2.45) is 5.73 Å². The molecule has 0 aromatic heterocycles. The fraction of sp³-hybridized carbons (Fsp3) is 0.529. The number of halogens is 3. The third kappa shape index (κ3) is 8.40. The molecule has 0 radical (unpaired) electrons. The predicted molar refractivity (Wildman–Crippen MR) is 108 cm³/mol. The molecule has 0 saturated carbocycles. The van der Waals surface area contributed by atoms with Crippen molar-refractivity contribution in [3.63, 3.8) is 0 Å². The number of ether oxygens (including phenoxy) is 1. The summed E-state index contributed by atoms with van der Waals surface area (Å²) in [6.07, 6.45) is 0.759. The molecule has 0 spiro atoms. The number of hydrogen-bond donors (Lipinski definition) is 3. The van der Waals surface area contributed by atoms with E-state index in [2.05, 4.69) is 15.5 Å². The van der Waals surface area contributed by atoms with Gasteiger partial charge in [0.2, 0.25) is 11.8 Å². The third-order valence-electron chi connectivity index (χ3n) is 4.04. The molecule has 0 bridgehead atoms. The van der Waals surface area contributed by atoms with Crippen LogP contribution in [-0.2, 0) is 14.3 Å². The van der Waals surface area contributed by atoms with E-state index in [-0.39, 0.29) is 48.7 Å². The van der Waals surface area contributed by atoms with E-state index in [0.717, 1.165) is 13.1 Å². The normalized spacial score (nSPS) is 15.1. The van der Waals surface area contributed by atoms with Gasteiger partial charge in [0.1, 0.15) is 5.82 Å². The maximum absolute atomic E-state index is 13.9. The second-order valence-corrected chi connectivity index (χ2v) is 5.95. The van der Waals surface area contributed by atoms with Gasteiger partial charge in [-0.15, -0.1) is 24.8 Å². The summed E-state index contributed by atoms with van der Waals surface area (Å²) >= 11 is 0. The highest BCUT2D eigenvalue weighted by Crippen LogP contribution is 2.20. The summed E-state index contributed by atoms with van der Waals surface area (Å²) in [5.74, 6) is -1.18. The first-order valence-electron chi connectivity index (χ1n) is 8.45. The second kappa shape index (κ2) is 12.9. The van der Waals surface area contributed by atoms with E-state index < -0.39 is 11.9 Å². The van der Waals surface area contributed by atoms with Crippen LogP contribution in [0.4, 0.5) is 15.8 Å². The summed E-state index contributed by atoms with van der Waals surface area (Å²) < 4.78 is 19.2. The van der Waals surface area contributed by atoms with E-state index in [4.69, 9.17) is 10.5 Å². The van der Waals surface area contributed by atoms with Crippen LogP contribution < -0.4 is 16.4 Å². The van der Waals surface area contributed by atoms with Crippen LogP contribution in [0.3, 0.4) is 0 Å². The lowest BCUT2D eigenvalue weighted by Gasteiger charge is -2.26. The zero-order valence-electron chi connectivity index (χ0n) is 15.2. The summed E-state index contributed by atoms with van der Waals surface area (Å²) in [6, 6.07) is 3.39. The van der Waals surface area contributed by atoms with Crippen LogP contribution in [0.5, 0.6) is 0 Å². The minimum absolute atomic E-state index is 0. The molecule has 1 aromatic rings. The lowest BCUT2D eigenvalue weighted by molar-refractivity contribution is -0.117. The van der Waals surface area contributed by atoms with Crippen LogP contribution >= 0.6 is 24.8 Å². The number of rotatable bonds is 7. The van der Waals surface area contributed by atoms with Gasteiger partial charge >= 0.3 is 0 Å². The number of hydrogen-bond acceptors (Lipinski definition) is 5. The Hall–Kier alpha value is -1.45. The second-order valence-electron chi connectivity index (χ2n) is 5.95. The largest absolute Gasteiger partial charge is 0.379 e. The van der Waals surface area contributed by atoms with Gasteiger partial charge in [-0.05, 0) is 24.6 Å². The number of nitrogens with two attached hydrogens (primary N) is 1. The first kappa shape index (κ1) is 25.6. The molecular weight excluding hydrogens is 398 g/mol. The molecule has 2 rings (SSSR count). The van der Waals surface area contributed by atoms with Gasteiger partial charge in [-0.25, -0.2) is 4.39 Å². The van der Waals surface area contributed by atoms with Crippen LogP contribution in [-0.4, -0.2) is 55.6 Å². The van der Waals surface area contributed by atoms with E-state index in [0.29, 0.717) is 31.9 Å². The minimum Gasteiger partial charge on any atom is -0.379 e. The summed E-state index contributed by atoms with van der Waals surface area (Å²) in [7, 11) is 0. The molecule has 27 heavy (non-hydrogen) atoms. The molecular formula is C17H27Cl2FN4O3. The SMILES string of the molecule is CC[C@H](N)C(=O)Nc1ccc(F)c(NC(=O)CCN2CCOCC2)c1.Cl.Cl. The van der Waals surface area contributed by atoms with Crippen molar-refractivity contribution in [3.05, 3.63) is 24.0 Å². The Labute approximate surface area is 171 Å². The van der Waals surface area contributed by atoms with Gasteiger partial charge in [0, 0.05) is 31.7 Å². The van der Waals surface area contributed by atoms with Crippen molar-refractivity contribution in [3.8, 4) is 0 Å². The van der Waals surface area contributed by atoms with Crippen LogP contribution in [0.2, 0.25) is 0 Å². The number of nitrogens with zero attached hydrogens (tertiary/aromatic N) is 1. The summed E-state index contributed by atoms with van der Waals surface area (Å²) in [4.78, 5) is 26.0. The number of benzene rings is 1. The van der Waals surface area contributed by atoms with Gasteiger partial charge < -0.3 is 21.1 Å². The van der Waals surface area contributed by atoms with Crippen LogP contribution in [0.1, 0.15) is 19.8 Å². The molecule has 1 aliphatic heterocycles. The quantitative estimate of drug-likeness (QED) is 0.621. The predicted octanol–water partition coefficient (Wildman–Crippen LogP) is 2.01. The standard InChI is InChI=1S/C17H25FN4O3.2ClH/c1-2-14(19)17(24)20-12-3-4-13(18)15(11-12)21-16(23)5-6-22-7-9-25-10-8-22;;/h3-4,11,14H,2,5-10,19H2,1H3,(H,20,24)(H,21,23);2*1H/t14-;;/m0../s1. The smallest absolute Gasteiger partial charge is 0.241 e. The Morgan fingerprint density at radius 3 is 2.56 bits per heavy atom. The maximum Gasteiger partial charge on any atom is 0.241 e. The van der Waals surface area contributed by atoms with Crippen LogP contribution in [0, 0.1) is 5.82 Å². The molecule has 1 aromatic carbocycles. The molecule has 0 unspecified atom stereocenters. The van der Waals surface area contributed by atoms with Crippen LogP contribution in [0.15, 0.2) is 18.2 Å². The molecule has 1 heterocycles. The average Bonchev–Trinajstić information content (AvgIpc) is 2.63. The maximum atomic E-state index is 13.9. The first-order valence-corrected chi connectivity index (χ1v) is 8.45. The molecule has 1 aliphatic rings. The molecule has 154 valence electrons. The molecule has 7 nitrogen and oxygen atoms in total. The van der Waals surface area contributed by atoms with E-state index >= 15 is 0 Å². The molecule has 1 fully saturated rings. The van der Waals surface area contributed by atoms with Crippen molar-refractivity contribution >= 4 is 48.0 Å². The van der Waals surface area contributed by atoms with Gasteiger partial charge in [-0.2, -0.15) is 0 Å². The van der Waals surface area contributed by atoms with E-state index in [1.807, 2.05) is 0 Å². The van der Waals surface area contributed by atoms with E-state index in [1.165, 1.54) is 18.2 Å². The monoisotopic (exact) mass is 424 g/mol. The van der Waals surface area contributed by atoms with Gasteiger partial charge in [0.15, 0.2) is 0 Å². The van der Waals surface area contributed by atoms with Gasteiger partial charge in [0.05, 0.1) is 24.9 Å². The summed E-state index contributed by atoms with van der Waals surface area (Å²) in [5.41, 5.74) is 6.08. The first-order chi connectivity index (χ1) is 12.0. The van der Waals surface area contributed by atoms with Gasteiger partial charge in [-0.3, -0.25) is 14.5 Å². The molecule has 2 amide bonds. The molecule has 10 heteroatoms. The highest BCUT2D eigenvalue weighted by molar-refractivity contribution is 5.96. The molecule has 1 saturated heterocycles. The lowest BCUT2D eigenvalue weighted by atomic mass is 10.2. The van der Waals surface area contributed by atoms with Crippen molar-refractivity contribution in [2.45, 2.75) is 25.8 Å². The van der Waals surface area contributed by atoms with Crippen LogP contribution in [0.25, 0.3) is 0 Å².